The molecule has 0 aliphatic heterocycles. The summed E-state index contributed by atoms with van der Waals surface area (Å²) < 4.78 is 1.83. The van der Waals surface area contributed by atoms with E-state index in [4.69, 9.17) is 0 Å². The Kier molecular flexibility index (Phi) is 4.12. The molecule has 1 N–H and O–H groups in total. The molecule has 2 aromatic carbocycles. The van der Waals surface area contributed by atoms with Crippen molar-refractivity contribution in [1.29, 1.82) is 0 Å². The zero-order valence-corrected chi connectivity index (χ0v) is 12.2. The lowest BCUT2D eigenvalue weighted by Crippen LogP contribution is -2.13. The molecular weight excluding hydrogens is 258 g/mol. The van der Waals surface area contributed by atoms with E-state index < -0.39 is 0 Å². The Morgan fingerprint density at radius 2 is 1.57 bits per heavy atom. The van der Waals surface area contributed by atoms with E-state index in [9.17, 15) is 0 Å². The lowest BCUT2D eigenvalue weighted by Gasteiger charge is -2.05. The molecular formula is C18H19N3. The first kappa shape index (κ1) is 13.6. The van der Waals surface area contributed by atoms with Crippen LogP contribution < -0.4 is 5.32 Å². The van der Waals surface area contributed by atoms with Crippen molar-refractivity contribution < 1.29 is 0 Å². The van der Waals surface area contributed by atoms with E-state index in [0.717, 1.165) is 18.8 Å². The second-order valence-electron chi connectivity index (χ2n) is 5.15. The number of nitrogens with zero attached hydrogens (tertiary/aromatic N) is 2. The van der Waals surface area contributed by atoms with Gasteiger partial charge in [-0.2, -0.15) is 5.10 Å². The fraction of sp³-hybridized carbons (Fsp3) is 0.167. The second kappa shape index (κ2) is 6.37. The average molecular weight is 277 g/mol. The van der Waals surface area contributed by atoms with Crippen LogP contribution >= 0.6 is 0 Å². The summed E-state index contributed by atoms with van der Waals surface area (Å²) in [5.74, 6) is 0. The van der Waals surface area contributed by atoms with Gasteiger partial charge >= 0.3 is 0 Å². The summed E-state index contributed by atoms with van der Waals surface area (Å²) in [4.78, 5) is 0. The lowest BCUT2D eigenvalue weighted by molar-refractivity contribution is 0.656. The molecule has 0 amide bonds. The highest BCUT2D eigenvalue weighted by Crippen LogP contribution is 2.19. The molecule has 0 saturated heterocycles. The molecule has 3 aromatic rings. The van der Waals surface area contributed by atoms with Gasteiger partial charge in [0.1, 0.15) is 0 Å². The van der Waals surface area contributed by atoms with Crippen LogP contribution in [-0.4, -0.2) is 9.78 Å². The number of aryl methyl sites for hydroxylation is 1. The first-order chi connectivity index (χ1) is 10.3. The van der Waals surface area contributed by atoms with Crippen molar-refractivity contribution in [3.8, 4) is 11.1 Å². The molecule has 0 atom stereocenters. The summed E-state index contributed by atoms with van der Waals surface area (Å²) >= 11 is 0. The molecule has 0 unspecified atom stereocenters. The summed E-state index contributed by atoms with van der Waals surface area (Å²) in [6, 6.07) is 21.2. The Bertz CT molecular complexity index is 684. The van der Waals surface area contributed by atoms with Crippen LogP contribution in [0.1, 0.15) is 11.3 Å². The molecule has 21 heavy (non-hydrogen) atoms. The molecule has 1 aromatic heterocycles. The average Bonchev–Trinajstić information content (AvgIpc) is 2.94. The first-order valence-electron chi connectivity index (χ1n) is 7.15. The molecule has 3 nitrogen and oxygen atoms in total. The van der Waals surface area contributed by atoms with Gasteiger partial charge in [0.2, 0.25) is 0 Å². The molecule has 106 valence electrons. The van der Waals surface area contributed by atoms with Crippen molar-refractivity contribution >= 4 is 0 Å². The van der Waals surface area contributed by atoms with E-state index in [1.54, 1.807) is 0 Å². The highest BCUT2D eigenvalue weighted by molar-refractivity contribution is 5.63. The quantitative estimate of drug-likeness (QED) is 0.775. The highest BCUT2D eigenvalue weighted by Gasteiger charge is 1.99. The molecule has 3 rings (SSSR count). The number of hydrogen-bond acceptors (Lipinski definition) is 2. The van der Waals surface area contributed by atoms with Gasteiger partial charge in [-0.1, -0.05) is 54.6 Å². The fourth-order valence-corrected chi connectivity index (χ4v) is 2.34. The Balaban J connectivity index is 1.57. The normalized spacial score (nSPS) is 10.7. The predicted molar refractivity (Wildman–Crippen MR) is 85.6 cm³/mol. The summed E-state index contributed by atoms with van der Waals surface area (Å²) in [6.07, 6.45) is 1.96. The van der Waals surface area contributed by atoms with Crippen LogP contribution in [0, 0.1) is 0 Å². The summed E-state index contributed by atoms with van der Waals surface area (Å²) in [6.45, 7) is 1.65. The van der Waals surface area contributed by atoms with Gasteiger partial charge in [0, 0.05) is 26.3 Å². The van der Waals surface area contributed by atoms with Crippen LogP contribution in [0.15, 0.2) is 66.9 Å². The van der Waals surface area contributed by atoms with Crippen molar-refractivity contribution in [2.75, 3.05) is 0 Å². The van der Waals surface area contributed by atoms with Gasteiger partial charge in [0.25, 0.3) is 0 Å². The standard InChI is InChI=1S/C18H19N3/c1-21-12-11-18(20-21)14-19-13-15-7-9-17(10-8-15)16-5-3-2-4-6-16/h2-12,19H,13-14H2,1H3. The van der Waals surface area contributed by atoms with E-state index in [2.05, 4.69) is 58.9 Å². The maximum Gasteiger partial charge on any atom is 0.0762 e. The molecule has 0 aliphatic rings. The van der Waals surface area contributed by atoms with Crippen LogP contribution in [0.25, 0.3) is 11.1 Å². The fourth-order valence-electron chi connectivity index (χ4n) is 2.34. The Morgan fingerprint density at radius 3 is 2.24 bits per heavy atom. The monoisotopic (exact) mass is 277 g/mol. The number of rotatable bonds is 5. The van der Waals surface area contributed by atoms with Gasteiger partial charge in [-0.3, -0.25) is 4.68 Å². The predicted octanol–water partition coefficient (Wildman–Crippen LogP) is 3.38. The third-order valence-electron chi connectivity index (χ3n) is 3.47. The SMILES string of the molecule is Cn1ccc(CNCc2ccc(-c3ccccc3)cc2)n1. The van der Waals surface area contributed by atoms with E-state index >= 15 is 0 Å². The number of nitrogens with one attached hydrogen (secondary N) is 1. The van der Waals surface area contributed by atoms with Crippen molar-refractivity contribution in [3.05, 3.63) is 78.1 Å². The first-order valence-corrected chi connectivity index (χ1v) is 7.15. The van der Waals surface area contributed by atoms with Crippen LogP contribution in [0.5, 0.6) is 0 Å². The highest BCUT2D eigenvalue weighted by atomic mass is 15.3. The Morgan fingerprint density at radius 1 is 0.857 bits per heavy atom. The van der Waals surface area contributed by atoms with E-state index in [0.29, 0.717) is 0 Å². The second-order valence-corrected chi connectivity index (χ2v) is 5.15. The molecule has 0 bridgehead atoms. The van der Waals surface area contributed by atoms with Crippen molar-refractivity contribution in [1.82, 2.24) is 15.1 Å². The largest absolute Gasteiger partial charge is 0.307 e. The molecule has 3 heteroatoms. The third-order valence-corrected chi connectivity index (χ3v) is 3.47. The van der Waals surface area contributed by atoms with Crippen molar-refractivity contribution in [2.45, 2.75) is 13.1 Å². The van der Waals surface area contributed by atoms with Crippen molar-refractivity contribution in [3.63, 3.8) is 0 Å². The zero-order valence-electron chi connectivity index (χ0n) is 12.2. The summed E-state index contributed by atoms with van der Waals surface area (Å²) in [7, 11) is 1.94. The topological polar surface area (TPSA) is 29.9 Å². The van der Waals surface area contributed by atoms with Gasteiger partial charge in [0.05, 0.1) is 5.69 Å². The van der Waals surface area contributed by atoms with Crippen LogP contribution in [-0.2, 0) is 20.1 Å². The number of benzene rings is 2. The minimum atomic E-state index is 0.793. The van der Waals surface area contributed by atoms with E-state index in [1.807, 2.05) is 30.1 Å². The lowest BCUT2D eigenvalue weighted by atomic mass is 10.0. The van der Waals surface area contributed by atoms with Gasteiger partial charge in [-0.05, 0) is 22.8 Å². The maximum absolute atomic E-state index is 4.35. The Hall–Kier alpha value is -2.39. The van der Waals surface area contributed by atoms with Gasteiger partial charge < -0.3 is 5.32 Å². The van der Waals surface area contributed by atoms with Gasteiger partial charge in [-0.25, -0.2) is 0 Å². The minimum Gasteiger partial charge on any atom is -0.307 e. The Labute approximate surface area is 125 Å². The molecule has 0 fully saturated rings. The van der Waals surface area contributed by atoms with Gasteiger partial charge in [-0.15, -0.1) is 0 Å². The summed E-state index contributed by atoms with van der Waals surface area (Å²) in [5, 5.41) is 7.76. The van der Waals surface area contributed by atoms with Gasteiger partial charge in [0.15, 0.2) is 0 Å². The van der Waals surface area contributed by atoms with E-state index in [-0.39, 0.29) is 0 Å². The molecule has 0 spiro atoms. The summed E-state index contributed by atoms with van der Waals surface area (Å²) in [5.41, 5.74) is 4.86. The minimum absolute atomic E-state index is 0.793. The maximum atomic E-state index is 4.35. The smallest absolute Gasteiger partial charge is 0.0762 e. The molecule has 1 heterocycles. The van der Waals surface area contributed by atoms with Crippen LogP contribution in [0.3, 0.4) is 0 Å². The molecule has 0 saturated carbocycles. The molecule has 0 aliphatic carbocycles. The van der Waals surface area contributed by atoms with Crippen LogP contribution in [0.4, 0.5) is 0 Å². The number of aromatic nitrogens is 2. The van der Waals surface area contributed by atoms with E-state index in [1.165, 1.54) is 16.7 Å². The third kappa shape index (κ3) is 3.58. The molecule has 0 radical (unpaired) electrons. The number of hydrogen-bond donors (Lipinski definition) is 1. The zero-order chi connectivity index (χ0) is 14.5. The van der Waals surface area contributed by atoms with Crippen molar-refractivity contribution in [2.24, 2.45) is 7.05 Å². The van der Waals surface area contributed by atoms with Crippen LogP contribution in [0.2, 0.25) is 0 Å².